The van der Waals surface area contributed by atoms with E-state index in [2.05, 4.69) is 0 Å². The van der Waals surface area contributed by atoms with Gasteiger partial charge in [-0.15, -0.1) is 11.3 Å². The van der Waals surface area contributed by atoms with Gasteiger partial charge in [-0.3, -0.25) is 0 Å². The van der Waals surface area contributed by atoms with Gasteiger partial charge in [0.1, 0.15) is 0 Å². The highest BCUT2D eigenvalue weighted by molar-refractivity contribution is 7.12. The number of aryl methyl sites for hydroxylation is 1. The lowest BCUT2D eigenvalue weighted by atomic mass is 9.94. The maximum atomic E-state index is 12.7. The van der Waals surface area contributed by atoms with Crippen molar-refractivity contribution in [2.75, 3.05) is 0 Å². The molecule has 0 saturated heterocycles. The monoisotopic (exact) mass is 222 g/mol. The maximum Gasteiger partial charge on any atom is 0.396 e. The Kier molecular flexibility index (Phi) is 3.24. The van der Waals surface area contributed by atoms with Gasteiger partial charge in [-0.2, -0.15) is 13.2 Å². The van der Waals surface area contributed by atoms with E-state index in [1.165, 1.54) is 11.3 Å². The van der Waals surface area contributed by atoms with Gasteiger partial charge in [0.15, 0.2) is 0 Å². The van der Waals surface area contributed by atoms with Crippen LogP contribution < -0.4 is 0 Å². The number of hydrogen-bond donors (Lipinski definition) is 0. The molecule has 1 unspecified atom stereocenters. The van der Waals surface area contributed by atoms with E-state index in [1.54, 1.807) is 26.0 Å². The molecule has 1 atom stereocenters. The van der Waals surface area contributed by atoms with Crippen molar-refractivity contribution in [3.05, 3.63) is 21.9 Å². The van der Waals surface area contributed by atoms with Crippen LogP contribution in [-0.4, -0.2) is 6.18 Å². The zero-order valence-electron chi connectivity index (χ0n) is 8.35. The van der Waals surface area contributed by atoms with Gasteiger partial charge < -0.3 is 0 Å². The quantitative estimate of drug-likeness (QED) is 0.697. The van der Waals surface area contributed by atoms with Crippen molar-refractivity contribution in [1.82, 2.24) is 0 Å². The van der Waals surface area contributed by atoms with Gasteiger partial charge in [0.25, 0.3) is 0 Å². The third kappa shape index (κ3) is 2.50. The van der Waals surface area contributed by atoms with Crippen LogP contribution in [0.25, 0.3) is 0 Å². The zero-order valence-corrected chi connectivity index (χ0v) is 9.17. The van der Waals surface area contributed by atoms with Gasteiger partial charge in [0.05, 0.1) is 5.92 Å². The summed E-state index contributed by atoms with van der Waals surface area (Å²) in [5, 5.41) is 0. The molecule has 0 N–H and O–H groups in total. The SMILES string of the molecule is Cc1ccc(C(C(C)C)C(F)(F)F)s1. The summed E-state index contributed by atoms with van der Waals surface area (Å²) < 4.78 is 38.0. The molecule has 0 radical (unpaired) electrons. The molecule has 0 fully saturated rings. The molecule has 1 aromatic rings. The summed E-state index contributed by atoms with van der Waals surface area (Å²) in [5.41, 5.74) is 0. The van der Waals surface area contributed by atoms with E-state index >= 15 is 0 Å². The van der Waals surface area contributed by atoms with Gasteiger partial charge in [0.2, 0.25) is 0 Å². The summed E-state index contributed by atoms with van der Waals surface area (Å²) in [6, 6.07) is 3.32. The fourth-order valence-electron chi connectivity index (χ4n) is 1.49. The van der Waals surface area contributed by atoms with Crippen LogP contribution in [0.5, 0.6) is 0 Å². The highest BCUT2D eigenvalue weighted by atomic mass is 32.1. The lowest BCUT2D eigenvalue weighted by Crippen LogP contribution is -2.24. The van der Waals surface area contributed by atoms with E-state index in [1.807, 2.05) is 6.92 Å². The Hall–Kier alpha value is -0.510. The predicted octanol–water partition coefficient (Wildman–Crippen LogP) is 4.36. The molecule has 0 aromatic carbocycles. The van der Waals surface area contributed by atoms with Crippen LogP contribution in [-0.2, 0) is 0 Å². The molecule has 0 nitrogen and oxygen atoms in total. The van der Waals surface area contributed by atoms with Crippen LogP contribution in [0.2, 0.25) is 0 Å². The molecule has 14 heavy (non-hydrogen) atoms. The van der Waals surface area contributed by atoms with Crippen molar-refractivity contribution in [2.24, 2.45) is 5.92 Å². The average Bonchev–Trinajstić information content (AvgIpc) is 2.31. The summed E-state index contributed by atoms with van der Waals surface area (Å²) in [6.07, 6.45) is -4.13. The zero-order chi connectivity index (χ0) is 10.9. The first kappa shape index (κ1) is 11.6. The van der Waals surface area contributed by atoms with E-state index in [0.717, 1.165) is 4.88 Å². The Bertz CT molecular complexity index is 299. The Labute approximate surface area is 85.8 Å². The summed E-state index contributed by atoms with van der Waals surface area (Å²) in [6.45, 7) is 5.03. The fraction of sp³-hybridized carbons (Fsp3) is 0.600. The average molecular weight is 222 g/mol. The molecule has 0 aliphatic rings. The van der Waals surface area contributed by atoms with Crippen LogP contribution in [0.15, 0.2) is 12.1 Å². The van der Waals surface area contributed by atoms with Gasteiger partial charge in [0, 0.05) is 9.75 Å². The molecule has 1 heterocycles. The Balaban J connectivity index is 3.01. The first-order chi connectivity index (χ1) is 6.32. The molecule has 4 heteroatoms. The highest BCUT2D eigenvalue weighted by Gasteiger charge is 2.43. The molecule has 0 aliphatic carbocycles. The Morgan fingerprint density at radius 1 is 1.21 bits per heavy atom. The molecule has 0 saturated carbocycles. The lowest BCUT2D eigenvalue weighted by Gasteiger charge is -2.22. The second-order valence-corrected chi connectivity index (χ2v) is 5.03. The third-order valence-corrected chi connectivity index (χ3v) is 3.17. The van der Waals surface area contributed by atoms with E-state index in [9.17, 15) is 13.2 Å². The standard InChI is InChI=1S/C10H13F3S/c1-6(2)9(10(11,12)13)8-5-4-7(3)14-8/h4-6,9H,1-3H3. The van der Waals surface area contributed by atoms with Crippen LogP contribution >= 0.6 is 11.3 Å². The first-order valence-corrected chi connectivity index (χ1v) is 5.27. The molecule has 1 rings (SSSR count). The Morgan fingerprint density at radius 3 is 2.07 bits per heavy atom. The Morgan fingerprint density at radius 2 is 1.79 bits per heavy atom. The van der Waals surface area contributed by atoms with E-state index in [0.29, 0.717) is 4.88 Å². The first-order valence-electron chi connectivity index (χ1n) is 4.45. The number of rotatable bonds is 2. The summed E-state index contributed by atoms with van der Waals surface area (Å²) in [4.78, 5) is 1.35. The molecule has 80 valence electrons. The smallest absolute Gasteiger partial charge is 0.170 e. The lowest BCUT2D eigenvalue weighted by molar-refractivity contribution is -0.158. The van der Waals surface area contributed by atoms with Gasteiger partial charge >= 0.3 is 6.18 Å². The summed E-state index contributed by atoms with van der Waals surface area (Å²) in [7, 11) is 0. The number of hydrogen-bond acceptors (Lipinski definition) is 1. The van der Waals surface area contributed by atoms with E-state index in [-0.39, 0.29) is 0 Å². The van der Waals surface area contributed by atoms with Crippen molar-refractivity contribution < 1.29 is 13.2 Å². The van der Waals surface area contributed by atoms with Crippen molar-refractivity contribution in [2.45, 2.75) is 32.9 Å². The van der Waals surface area contributed by atoms with Crippen molar-refractivity contribution in [3.63, 3.8) is 0 Å². The molecular weight excluding hydrogens is 209 g/mol. The van der Waals surface area contributed by atoms with Crippen molar-refractivity contribution >= 4 is 11.3 Å². The second-order valence-electron chi connectivity index (χ2n) is 3.71. The van der Waals surface area contributed by atoms with Crippen LogP contribution in [0.3, 0.4) is 0 Å². The molecule has 0 bridgehead atoms. The molecule has 1 aromatic heterocycles. The minimum atomic E-state index is -4.13. The van der Waals surface area contributed by atoms with Crippen LogP contribution in [0.1, 0.15) is 29.5 Å². The highest BCUT2D eigenvalue weighted by Crippen LogP contribution is 2.42. The molecule has 0 amide bonds. The number of halogens is 3. The van der Waals surface area contributed by atoms with Gasteiger partial charge in [-0.25, -0.2) is 0 Å². The van der Waals surface area contributed by atoms with Crippen LogP contribution in [0, 0.1) is 12.8 Å². The van der Waals surface area contributed by atoms with Crippen LogP contribution in [0.4, 0.5) is 13.2 Å². The fourth-order valence-corrected chi connectivity index (χ4v) is 2.67. The van der Waals surface area contributed by atoms with E-state index in [4.69, 9.17) is 0 Å². The summed E-state index contributed by atoms with van der Waals surface area (Å²) in [5.74, 6) is -1.73. The van der Waals surface area contributed by atoms with Gasteiger partial charge in [-0.1, -0.05) is 13.8 Å². The minimum absolute atomic E-state index is 0.409. The second kappa shape index (κ2) is 3.93. The molecule has 0 aliphatic heterocycles. The topological polar surface area (TPSA) is 0 Å². The summed E-state index contributed by atoms with van der Waals surface area (Å²) >= 11 is 1.23. The van der Waals surface area contributed by atoms with Crippen molar-refractivity contribution in [3.8, 4) is 0 Å². The minimum Gasteiger partial charge on any atom is -0.170 e. The predicted molar refractivity (Wildman–Crippen MR) is 52.7 cm³/mol. The van der Waals surface area contributed by atoms with E-state index < -0.39 is 18.0 Å². The van der Waals surface area contributed by atoms with Crippen molar-refractivity contribution in [1.29, 1.82) is 0 Å². The largest absolute Gasteiger partial charge is 0.396 e. The normalized spacial score (nSPS) is 14.8. The van der Waals surface area contributed by atoms with Gasteiger partial charge in [-0.05, 0) is 25.0 Å². The maximum absolute atomic E-state index is 12.7. The third-order valence-electron chi connectivity index (χ3n) is 2.09. The number of thiophene rings is 1. The molecule has 0 spiro atoms. The molecular formula is C10H13F3S. The number of alkyl halides is 3.